The second-order valence-electron chi connectivity index (χ2n) is 8.17. The van der Waals surface area contributed by atoms with Crippen molar-refractivity contribution in [2.45, 2.75) is 13.0 Å². The number of halogens is 4. The van der Waals surface area contributed by atoms with Crippen molar-refractivity contribution in [3.8, 4) is 11.5 Å². The second-order valence-corrected chi connectivity index (χ2v) is 8.17. The molecule has 0 fully saturated rings. The zero-order chi connectivity index (χ0) is 29.4. The van der Waals surface area contributed by atoms with Gasteiger partial charge in [0.2, 0.25) is 18.3 Å². The van der Waals surface area contributed by atoms with E-state index in [4.69, 9.17) is 9.47 Å². The molecule has 3 rings (SSSR count). The van der Waals surface area contributed by atoms with Gasteiger partial charge in [0.25, 0.3) is 6.43 Å². The molecule has 10 nitrogen and oxygen atoms in total. The lowest BCUT2D eigenvalue weighted by Crippen LogP contribution is -2.29. The van der Waals surface area contributed by atoms with Crippen LogP contribution >= 0.6 is 0 Å². The Labute approximate surface area is 227 Å². The number of hydrogen-bond acceptors (Lipinski definition) is 8. The number of para-hydroxylation sites is 2. The number of nitrogens with one attached hydrogen (secondary N) is 2. The molecule has 0 aliphatic carbocycles. The van der Waals surface area contributed by atoms with Crippen LogP contribution in [-0.2, 0) is 16.1 Å². The van der Waals surface area contributed by atoms with Gasteiger partial charge in [-0.25, -0.2) is 22.5 Å². The molecule has 40 heavy (non-hydrogen) atoms. The lowest BCUT2D eigenvalue weighted by molar-refractivity contribution is -0.112. The number of alkyl halides is 2. The summed E-state index contributed by atoms with van der Waals surface area (Å²) >= 11 is 0. The first-order chi connectivity index (χ1) is 19.1. The molecule has 0 saturated carbocycles. The fraction of sp³-hybridized carbons (Fsp3) is 0.231. The SMILES string of the molecule is C=CC(=O)Nc1ccccc1Nc1ncc(CN(C=O)c2c(F)c(OC)cc(OC)c2F)c(N(C)CC(F)F)n1. The summed E-state index contributed by atoms with van der Waals surface area (Å²) in [6.07, 6.45) is -0.274. The van der Waals surface area contributed by atoms with Crippen LogP contribution in [0.25, 0.3) is 0 Å². The van der Waals surface area contributed by atoms with Crippen molar-refractivity contribution < 1.29 is 36.6 Å². The van der Waals surface area contributed by atoms with Gasteiger partial charge in [-0.2, -0.15) is 4.98 Å². The van der Waals surface area contributed by atoms with E-state index >= 15 is 8.78 Å². The van der Waals surface area contributed by atoms with Crippen molar-refractivity contribution in [2.24, 2.45) is 0 Å². The maximum absolute atomic E-state index is 15.1. The Hall–Kier alpha value is -4.88. The quantitative estimate of drug-likeness (QED) is 0.178. The summed E-state index contributed by atoms with van der Waals surface area (Å²) in [5, 5.41) is 5.52. The molecule has 0 aliphatic heterocycles. The number of aromatic nitrogens is 2. The molecular weight excluding hydrogens is 536 g/mol. The number of benzene rings is 2. The van der Waals surface area contributed by atoms with E-state index in [1.54, 1.807) is 24.3 Å². The Kier molecular flexibility index (Phi) is 9.84. The average Bonchev–Trinajstić information content (AvgIpc) is 2.93. The zero-order valence-corrected chi connectivity index (χ0v) is 21.8. The highest BCUT2D eigenvalue weighted by molar-refractivity contribution is 6.01. The van der Waals surface area contributed by atoms with Crippen molar-refractivity contribution in [1.82, 2.24) is 9.97 Å². The van der Waals surface area contributed by atoms with E-state index in [1.807, 2.05) is 0 Å². The van der Waals surface area contributed by atoms with E-state index in [9.17, 15) is 18.4 Å². The Morgan fingerprint density at radius 3 is 2.30 bits per heavy atom. The number of carbonyl (C=O) groups is 2. The van der Waals surface area contributed by atoms with Crippen LogP contribution in [0.4, 0.5) is 46.4 Å². The molecule has 14 heteroatoms. The fourth-order valence-electron chi connectivity index (χ4n) is 3.68. The van der Waals surface area contributed by atoms with Crippen LogP contribution in [0.5, 0.6) is 11.5 Å². The topological polar surface area (TPSA) is 109 Å². The molecule has 0 radical (unpaired) electrons. The summed E-state index contributed by atoms with van der Waals surface area (Å²) in [5.74, 6) is -3.67. The lowest BCUT2D eigenvalue weighted by Gasteiger charge is -2.25. The summed E-state index contributed by atoms with van der Waals surface area (Å²) in [5.41, 5.74) is 0.0695. The number of hydrogen-bond donors (Lipinski definition) is 2. The molecule has 0 unspecified atom stereocenters. The number of methoxy groups -OCH3 is 2. The highest BCUT2D eigenvalue weighted by Crippen LogP contribution is 2.38. The minimum atomic E-state index is -2.75. The van der Waals surface area contributed by atoms with Crippen molar-refractivity contribution >= 4 is 41.1 Å². The maximum Gasteiger partial charge on any atom is 0.255 e. The number of carbonyl (C=O) groups excluding carboxylic acids is 2. The third kappa shape index (κ3) is 6.76. The summed E-state index contributed by atoms with van der Waals surface area (Å²) < 4.78 is 66.6. The first kappa shape index (κ1) is 29.7. The van der Waals surface area contributed by atoms with Crippen LogP contribution in [0.3, 0.4) is 0 Å². The van der Waals surface area contributed by atoms with Crippen LogP contribution in [0.1, 0.15) is 5.56 Å². The minimum absolute atomic E-state index is 0.0433. The van der Waals surface area contributed by atoms with E-state index in [0.717, 1.165) is 31.3 Å². The second kappa shape index (κ2) is 13.3. The molecule has 0 saturated heterocycles. The fourth-order valence-corrected chi connectivity index (χ4v) is 3.68. The largest absolute Gasteiger partial charge is 0.493 e. The van der Waals surface area contributed by atoms with Crippen molar-refractivity contribution in [1.29, 1.82) is 0 Å². The van der Waals surface area contributed by atoms with Crippen LogP contribution < -0.4 is 29.9 Å². The van der Waals surface area contributed by atoms with Crippen LogP contribution in [0, 0.1) is 11.6 Å². The Bertz CT molecular complexity index is 1360. The van der Waals surface area contributed by atoms with Gasteiger partial charge in [0.05, 0.1) is 38.7 Å². The van der Waals surface area contributed by atoms with Gasteiger partial charge in [0, 0.05) is 24.9 Å². The molecule has 0 atom stereocenters. The number of amides is 2. The number of rotatable bonds is 13. The Morgan fingerprint density at radius 1 is 1.12 bits per heavy atom. The predicted molar refractivity (Wildman–Crippen MR) is 142 cm³/mol. The number of nitrogens with zero attached hydrogens (tertiary/aromatic N) is 4. The third-order valence-corrected chi connectivity index (χ3v) is 5.54. The Balaban J connectivity index is 2.05. The van der Waals surface area contributed by atoms with Crippen LogP contribution in [0.15, 0.2) is 49.2 Å². The van der Waals surface area contributed by atoms with Gasteiger partial charge in [-0.1, -0.05) is 18.7 Å². The standard InChI is InChI=1S/C26H26F4N6O4/c1-5-21(38)32-16-8-6-7-9-17(16)33-26-31-11-15(25(34-26)35(2)13-20(27)28)12-36(14-37)24-22(29)18(39-3)10-19(40-4)23(24)30/h5-11,14,20H,1,12-13H2,2-4H3,(H,32,38)(H,31,33,34). The minimum Gasteiger partial charge on any atom is -0.493 e. The molecule has 1 aromatic heterocycles. The van der Waals surface area contributed by atoms with Gasteiger partial charge < -0.3 is 29.9 Å². The van der Waals surface area contributed by atoms with Gasteiger partial charge in [-0.15, -0.1) is 0 Å². The predicted octanol–water partition coefficient (Wildman–Crippen LogP) is 4.50. The van der Waals surface area contributed by atoms with Gasteiger partial charge in [-0.05, 0) is 18.2 Å². The number of anilines is 5. The molecule has 1 heterocycles. The summed E-state index contributed by atoms with van der Waals surface area (Å²) in [7, 11) is 3.65. The normalized spacial score (nSPS) is 10.6. The maximum atomic E-state index is 15.1. The summed E-state index contributed by atoms with van der Waals surface area (Å²) in [6.45, 7) is 2.16. The van der Waals surface area contributed by atoms with E-state index < -0.39 is 42.7 Å². The third-order valence-electron chi connectivity index (χ3n) is 5.54. The van der Waals surface area contributed by atoms with E-state index in [-0.39, 0.29) is 35.2 Å². The monoisotopic (exact) mass is 562 g/mol. The first-order valence-electron chi connectivity index (χ1n) is 11.6. The molecular formula is C26H26F4N6O4. The lowest BCUT2D eigenvalue weighted by atomic mass is 10.2. The molecule has 2 aromatic carbocycles. The van der Waals surface area contributed by atoms with E-state index in [0.29, 0.717) is 16.3 Å². The van der Waals surface area contributed by atoms with Gasteiger partial charge in [-0.3, -0.25) is 9.59 Å². The molecule has 2 N–H and O–H groups in total. The van der Waals surface area contributed by atoms with Crippen molar-refractivity contribution in [3.63, 3.8) is 0 Å². The highest BCUT2D eigenvalue weighted by atomic mass is 19.3. The zero-order valence-electron chi connectivity index (χ0n) is 21.8. The van der Waals surface area contributed by atoms with E-state index in [2.05, 4.69) is 27.2 Å². The van der Waals surface area contributed by atoms with Crippen molar-refractivity contribution in [2.75, 3.05) is 48.2 Å². The Morgan fingerprint density at radius 2 is 1.75 bits per heavy atom. The van der Waals surface area contributed by atoms with Crippen LogP contribution in [-0.4, -0.2) is 56.5 Å². The number of ether oxygens (including phenoxy) is 2. The van der Waals surface area contributed by atoms with Crippen molar-refractivity contribution in [3.05, 3.63) is 66.4 Å². The molecule has 0 spiro atoms. The molecule has 0 bridgehead atoms. The smallest absolute Gasteiger partial charge is 0.255 e. The van der Waals surface area contributed by atoms with Crippen LogP contribution in [0.2, 0.25) is 0 Å². The first-order valence-corrected chi connectivity index (χ1v) is 11.6. The molecule has 2 amide bonds. The van der Waals surface area contributed by atoms with E-state index in [1.165, 1.54) is 13.2 Å². The van der Waals surface area contributed by atoms with Gasteiger partial charge in [0.15, 0.2) is 23.1 Å². The molecule has 212 valence electrons. The molecule has 3 aromatic rings. The average molecular weight is 563 g/mol. The van der Waals surface area contributed by atoms with Gasteiger partial charge in [0.1, 0.15) is 11.5 Å². The highest BCUT2D eigenvalue weighted by Gasteiger charge is 2.27. The summed E-state index contributed by atoms with van der Waals surface area (Å²) in [4.78, 5) is 34.1. The summed E-state index contributed by atoms with van der Waals surface area (Å²) in [6, 6.07) is 7.56. The molecule has 0 aliphatic rings. The van der Waals surface area contributed by atoms with Gasteiger partial charge >= 0.3 is 0 Å².